The normalized spacial score (nSPS) is 10.5. The summed E-state index contributed by atoms with van der Waals surface area (Å²) >= 11 is 1.80. The van der Waals surface area contributed by atoms with Gasteiger partial charge in [-0.1, -0.05) is 33.1 Å². The average molecular weight is 249 g/mol. The molecule has 0 unspecified atom stereocenters. The summed E-state index contributed by atoms with van der Waals surface area (Å²) in [6.07, 6.45) is 5.78. The van der Waals surface area contributed by atoms with E-state index in [1.165, 1.54) is 0 Å². The van der Waals surface area contributed by atoms with E-state index in [2.05, 4.69) is 27.0 Å². The SMILES string of the molecule is C=Cc1ccn(C(=O)CCSC(C)C)c1C=C. The van der Waals surface area contributed by atoms with Gasteiger partial charge in [-0.15, -0.1) is 0 Å². The number of carbonyl (C=O) groups excluding carboxylic acids is 1. The molecule has 0 aliphatic carbocycles. The zero-order valence-electron chi connectivity index (χ0n) is 10.5. The van der Waals surface area contributed by atoms with Gasteiger partial charge in [0.25, 0.3) is 0 Å². The summed E-state index contributed by atoms with van der Waals surface area (Å²) in [5, 5.41) is 0.565. The summed E-state index contributed by atoms with van der Waals surface area (Å²) in [7, 11) is 0. The van der Waals surface area contributed by atoms with Crippen molar-refractivity contribution < 1.29 is 4.79 Å². The van der Waals surface area contributed by atoms with Crippen LogP contribution in [0.2, 0.25) is 0 Å². The van der Waals surface area contributed by atoms with E-state index in [1.807, 2.05) is 6.07 Å². The lowest BCUT2D eigenvalue weighted by molar-refractivity contribution is 0.0910. The Labute approximate surface area is 107 Å². The van der Waals surface area contributed by atoms with Crippen LogP contribution in [0.15, 0.2) is 25.4 Å². The first-order chi connectivity index (χ1) is 8.10. The molecule has 0 saturated carbocycles. The van der Waals surface area contributed by atoms with Crippen LogP contribution in [0.5, 0.6) is 0 Å². The van der Waals surface area contributed by atoms with Gasteiger partial charge in [-0.05, 0) is 23.0 Å². The molecule has 0 bridgehead atoms. The van der Waals surface area contributed by atoms with Crippen molar-refractivity contribution in [1.29, 1.82) is 0 Å². The van der Waals surface area contributed by atoms with Crippen molar-refractivity contribution in [3.63, 3.8) is 0 Å². The van der Waals surface area contributed by atoms with Gasteiger partial charge in [-0.2, -0.15) is 11.8 Å². The van der Waals surface area contributed by atoms with Crippen molar-refractivity contribution in [1.82, 2.24) is 4.57 Å². The van der Waals surface area contributed by atoms with Crippen LogP contribution in [0.3, 0.4) is 0 Å². The van der Waals surface area contributed by atoms with Gasteiger partial charge in [0.2, 0.25) is 5.91 Å². The summed E-state index contributed by atoms with van der Waals surface area (Å²) in [5.41, 5.74) is 1.78. The molecule has 0 atom stereocenters. The smallest absolute Gasteiger partial charge is 0.231 e. The van der Waals surface area contributed by atoms with E-state index in [-0.39, 0.29) is 5.91 Å². The average Bonchev–Trinajstić information content (AvgIpc) is 2.70. The van der Waals surface area contributed by atoms with Crippen molar-refractivity contribution in [2.75, 3.05) is 5.75 Å². The molecule has 2 nitrogen and oxygen atoms in total. The molecule has 0 saturated heterocycles. The molecule has 0 spiro atoms. The molecule has 0 radical (unpaired) electrons. The van der Waals surface area contributed by atoms with Crippen molar-refractivity contribution in [3.05, 3.63) is 36.7 Å². The van der Waals surface area contributed by atoms with Crippen LogP contribution in [0, 0.1) is 0 Å². The third kappa shape index (κ3) is 3.63. The Bertz CT molecular complexity index is 418. The van der Waals surface area contributed by atoms with Crippen LogP contribution < -0.4 is 0 Å². The summed E-state index contributed by atoms with van der Waals surface area (Å²) < 4.78 is 1.66. The molecule has 1 heterocycles. The Hall–Kier alpha value is -1.22. The fourth-order valence-corrected chi connectivity index (χ4v) is 2.33. The van der Waals surface area contributed by atoms with Gasteiger partial charge in [0.15, 0.2) is 0 Å². The lowest BCUT2D eigenvalue weighted by Gasteiger charge is -2.07. The van der Waals surface area contributed by atoms with E-state index >= 15 is 0 Å². The zero-order chi connectivity index (χ0) is 12.8. The molecule has 0 aliphatic rings. The second-order valence-electron chi connectivity index (χ2n) is 4.00. The van der Waals surface area contributed by atoms with Crippen LogP contribution in [-0.2, 0) is 0 Å². The number of carbonyl (C=O) groups is 1. The molecule has 3 heteroatoms. The summed E-state index contributed by atoms with van der Waals surface area (Å²) in [6, 6.07) is 1.89. The Morgan fingerprint density at radius 1 is 1.47 bits per heavy atom. The maximum Gasteiger partial charge on any atom is 0.231 e. The lowest BCUT2D eigenvalue weighted by Crippen LogP contribution is -2.12. The highest BCUT2D eigenvalue weighted by Crippen LogP contribution is 2.16. The second-order valence-corrected chi connectivity index (χ2v) is 5.68. The largest absolute Gasteiger partial charge is 0.287 e. The Kier molecular flexibility index (Phi) is 5.29. The quantitative estimate of drug-likeness (QED) is 0.761. The Morgan fingerprint density at radius 2 is 2.18 bits per heavy atom. The topological polar surface area (TPSA) is 22.0 Å². The molecule has 1 aromatic rings. The molecule has 0 fully saturated rings. The zero-order valence-corrected chi connectivity index (χ0v) is 11.3. The molecule has 17 heavy (non-hydrogen) atoms. The van der Waals surface area contributed by atoms with E-state index in [9.17, 15) is 4.79 Å². The van der Waals surface area contributed by atoms with Crippen molar-refractivity contribution in [2.24, 2.45) is 0 Å². The Balaban J connectivity index is 2.72. The predicted molar refractivity (Wildman–Crippen MR) is 77.5 cm³/mol. The minimum Gasteiger partial charge on any atom is -0.287 e. The number of rotatable bonds is 6. The molecule has 1 rings (SSSR count). The second kappa shape index (κ2) is 6.50. The van der Waals surface area contributed by atoms with Gasteiger partial charge in [-0.3, -0.25) is 9.36 Å². The third-order valence-corrected chi connectivity index (χ3v) is 3.51. The maximum atomic E-state index is 12.0. The molecule has 1 aromatic heterocycles. The molecule has 0 amide bonds. The molecule has 0 aliphatic heterocycles. The first-order valence-corrected chi connectivity index (χ1v) is 6.76. The maximum absolute atomic E-state index is 12.0. The minimum atomic E-state index is 0.112. The van der Waals surface area contributed by atoms with E-state index < -0.39 is 0 Å². The molecule has 92 valence electrons. The van der Waals surface area contributed by atoms with Crippen molar-refractivity contribution in [3.8, 4) is 0 Å². The first kappa shape index (κ1) is 13.8. The van der Waals surface area contributed by atoms with Gasteiger partial charge in [-0.25, -0.2) is 0 Å². The molecule has 0 aromatic carbocycles. The van der Waals surface area contributed by atoms with E-state index in [1.54, 1.807) is 34.7 Å². The van der Waals surface area contributed by atoms with Crippen LogP contribution in [0.25, 0.3) is 12.2 Å². The number of hydrogen-bond donors (Lipinski definition) is 0. The molecular formula is C14H19NOS. The predicted octanol–water partition coefficient (Wildman–Crippen LogP) is 3.95. The summed E-state index contributed by atoms with van der Waals surface area (Å²) in [5.74, 6) is 0.968. The summed E-state index contributed by atoms with van der Waals surface area (Å²) in [6.45, 7) is 11.7. The highest BCUT2D eigenvalue weighted by molar-refractivity contribution is 7.99. The number of thioether (sulfide) groups is 1. The highest BCUT2D eigenvalue weighted by atomic mass is 32.2. The van der Waals surface area contributed by atoms with Crippen LogP contribution in [0.4, 0.5) is 0 Å². The molecular weight excluding hydrogens is 230 g/mol. The van der Waals surface area contributed by atoms with E-state index in [4.69, 9.17) is 0 Å². The van der Waals surface area contributed by atoms with Gasteiger partial charge in [0, 0.05) is 18.4 Å². The van der Waals surface area contributed by atoms with Crippen molar-refractivity contribution in [2.45, 2.75) is 25.5 Å². The standard InChI is InChI=1S/C14H19NOS/c1-5-12-7-9-15(13(12)6-2)14(16)8-10-17-11(3)4/h5-7,9,11H,1-2,8,10H2,3-4H3. The van der Waals surface area contributed by atoms with Crippen LogP contribution in [0.1, 0.15) is 36.3 Å². The minimum absolute atomic E-state index is 0.112. The van der Waals surface area contributed by atoms with Gasteiger partial charge in [0.05, 0.1) is 5.69 Å². The number of aromatic nitrogens is 1. The third-order valence-electron chi connectivity index (χ3n) is 2.41. The van der Waals surface area contributed by atoms with Crippen LogP contribution in [-0.4, -0.2) is 21.5 Å². The Morgan fingerprint density at radius 3 is 2.71 bits per heavy atom. The lowest BCUT2D eigenvalue weighted by atomic mass is 10.2. The van der Waals surface area contributed by atoms with E-state index in [0.717, 1.165) is 17.0 Å². The van der Waals surface area contributed by atoms with Crippen LogP contribution >= 0.6 is 11.8 Å². The number of nitrogens with zero attached hydrogens (tertiary/aromatic N) is 1. The van der Waals surface area contributed by atoms with E-state index in [0.29, 0.717) is 11.7 Å². The van der Waals surface area contributed by atoms with Gasteiger partial charge in [0.1, 0.15) is 0 Å². The fraction of sp³-hybridized carbons (Fsp3) is 0.357. The fourth-order valence-electron chi connectivity index (χ4n) is 1.57. The number of hydrogen-bond acceptors (Lipinski definition) is 2. The summed E-state index contributed by atoms with van der Waals surface area (Å²) in [4.78, 5) is 12.0. The first-order valence-electron chi connectivity index (χ1n) is 5.71. The monoisotopic (exact) mass is 249 g/mol. The highest BCUT2D eigenvalue weighted by Gasteiger charge is 2.10. The van der Waals surface area contributed by atoms with Crippen molar-refractivity contribution >= 4 is 29.8 Å². The van der Waals surface area contributed by atoms with Gasteiger partial charge >= 0.3 is 0 Å². The van der Waals surface area contributed by atoms with Gasteiger partial charge < -0.3 is 0 Å². The molecule has 0 N–H and O–H groups in total.